The molecule has 1 aromatic heterocycles. The van der Waals surface area contributed by atoms with E-state index in [4.69, 9.17) is 0 Å². The normalized spacial score (nSPS) is 10.0. The summed E-state index contributed by atoms with van der Waals surface area (Å²) in [6.45, 7) is 9.02. The lowest BCUT2D eigenvalue weighted by molar-refractivity contribution is 0.790. The molecule has 11 heavy (non-hydrogen) atoms. The highest BCUT2D eigenvalue weighted by Gasteiger charge is 1.93. The van der Waals surface area contributed by atoms with Crippen LogP contribution in [-0.2, 0) is 13.0 Å². The Hall–Kier alpha value is -0.980. The molecule has 0 fully saturated rings. The average Bonchev–Trinajstić information content (AvgIpc) is 2.34. The molecule has 0 unspecified atom stereocenters. The lowest BCUT2D eigenvalue weighted by Crippen LogP contribution is -1.93. The van der Waals surface area contributed by atoms with E-state index in [0.717, 1.165) is 13.0 Å². The quantitative estimate of drug-likeness (QED) is 0.582. The summed E-state index contributed by atoms with van der Waals surface area (Å²) < 4.78 is 2.17. The maximum absolute atomic E-state index is 3.86. The van der Waals surface area contributed by atoms with E-state index in [0.29, 0.717) is 0 Å². The van der Waals surface area contributed by atoms with Gasteiger partial charge in [0.15, 0.2) is 0 Å². The molecule has 0 atom stereocenters. The van der Waals surface area contributed by atoms with Gasteiger partial charge < -0.3 is 4.57 Å². The van der Waals surface area contributed by atoms with Crippen LogP contribution >= 0.6 is 0 Å². The van der Waals surface area contributed by atoms with E-state index in [1.807, 2.05) is 6.92 Å². The van der Waals surface area contributed by atoms with Crippen LogP contribution in [0.4, 0.5) is 0 Å². The van der Waals surface area contributed by atoms with Crippen LogP contribution in [0.1, 0.15) is 19.4 Å². The first kappa shape index (κ1) is 8.12. The van der Waals surface area contributed by atoms with Crippen molar-refractivity contribution >= 4 is 0 Å². The van der Waals surface area contributed by atoms with Crippen molar-refractivity contribution in [3.8, 4) is 0 Å². The first-order valence-corrected chi connectivity index (χ1v) is 4.01. The number of rotatable bonds is 3. The Kier molecular flexibility index (Phi) is 2.53. The molecule has 0 bridgehead atoms. The monoisotopic (exact) mass is 149 g/mol. The van der Waals surface area contributed by atoms with Gasteiger partial charge in [-0.2, -0.15) is 0 Å². The second-order valence-corrected chi connectivity index (χ2v) is 3.00. The summed E-state index contributed by atoms with van der Waals surface area (Å²) in [6, 6.07) is 2.16. The third-order valence-electron chi connectivity index (χ3n) is 1.67. The molecule has 1 heteroatoms. The summed E-state index contributed by atoms with van der Waals surface area (Å²) in [4.78, 5) is 0. The number of hydrogen-bond acceptors (Lipinski definition) is 0. The zero-order valence-electron chi connectivity index (χ0n) is 7.30. The van der Waals surface area contributed by atoms with Crippen molar-refractivity contribution < 1.29 is 0 Å². The van der Waals surface area contributed by atoms with Gasteiger partial charge in [-0.25, -0.2) is 0 Å². The molecule has 0 amide bonds. The Morgan fingerprint density at radius 2 is 2.36 bits per heavy atom. The lowest BCUT2D eigenvalue weighted by atomic mass is 10.3. The fourth-order valence-electron chi connectivity index (χ4n) is 1.11. The maximum atomic E-state index is 3.86. The highest BCUT2D eigenvalue weighted by Crippen LogP contribution is 2.03. The minimum atomic E-state index is 0.944. The van der Waals surface area contributed by atoms with Crippen LogP contribution in [-0.4, -0.2) is 4.57 Å². The zero-order valence-corrected chi connectivity index (χ0v) is 7.30. The van der Waals surface area contributed by atoms with Crippen LogP contribution in [0.3, 0.4) is 0 Å². The van der Waals surface area contributed by atoms with E-state index in [9.17, 15) is 0 Å². The predicted octanol–water partition coefficient (Wildman–Crippen LogP) is 2.63. The SMILES string of the molecule is C=C(C)Cn1ccc(CC)c1. The average molecular weight is 149 g/mol. The number of nitrogens with zero attached hydrogens (tertiary/aromatic N) is 1. The Bertz CT molecular complexity index is 245. The number of aryl methyl sites for hydroxylation is 1. The van der Waals surface area contributed by atoms with E-state index < -0.39 is 0 Å². The summed E-state index contributed by atoms with van der Waals surface area (Å²) in [5, 5.41) is 0. The van der Waals surface area contributed by atoms with Crippen LogP contribution in [0, 0.1) is 0 Å². The molecule has 0 saturated carbocycles. The highest BCUT2D eigenvalue weighted by molar-refractivity contribution is 5.10. The Balaban J connectivity index is 2.65. The molecule has 0 aliphatic heterocycles. The minimum Gasteiger partial charge on any atom is -0.350 e. The predicted molar refractivity (Wildman–Crippen MR) is 48.6 cm³/mol. The lowest BCUT2D eigenvalue weighted by Gasteiger charge is -1.99. The van der Waals surface area contributed by atoms with Gasteiger partial charge >= 0.3 is 0 Å². The van der Waals surface area contributed by atoms with Crippen molar-refractivity contribution in [3.63, 3.8) is 0 Å². The molecule has 0 radical (unpaired) electrons. The van der Waals surface area contributed by atoms with Gasteiger partial charge in [-0.05, 0) is 25.0 Å². The van der Waals surface area contributed by atoms with Crippen molar-refractivity contribution in [2.45, 2.75) is 26.8 Å². The second kappa shape index (κ2) is 3.42. The maximum Gasteiger partial charge on any atom is 0.0424 e. The van der Waals surface area contributed by atoms with Gasteiger partial charge in [0.05, 0.1) is 0 Å². The van der Waals surface area contributed by atoms with Crippen LogP contribution in [0.5, 0.6) is 0 Å². The van der Waals surface area contributed by atoms with E-state index in [-0.39, 0.29) is 0 Å². The van der Waals surface area contributed by atoms with E-state index in [1.54, 1.807) is 0 Å². The first-order valence-electron chi connectivity index (χ1n) is 4.01. The fraction of sp³-hybridized carbons (Fsp3) is 0.400. The van der Waals surface area contributed by atoms with Gasteiger partial charge in [0.1, 0.15) is 0 Å². The second-order valence-electron chi connectivity index (χ2n) is 3.00. The molecule has 0 saturated heterocycles. The summed E-state index contributed by atoms with van der Waals surface area (Å²) in [5.41, 5.74) is 2.59. The van der Waals surface area contributed by atoms with Crippen LogP contribution in [0.25, 0.3) is 0 Å². The smallest absolute Gasteiger partial charge is 0.0424 e. The van der Waals surface area contributed by atoms with Crippen molar-refractivity contribution in [1.82, 2.24) is 4.57 Å². The molecule has 60 valence electrons. The number of hydrogen-bond donors (Lipinski definition) is 0. The van der Waals surface area contributed by atoms with Crippen molar-refractivity contribution in [2.24, 2.45) is 0 Å². The molecule has 0 spiro atoms. The highest BCUT2D eigenvalue weighted by atomic mass is 14.9. The number of aromatic nitrogens is 1. The molecule has 1 nitrogen and oxygen atoms in total. The van der Waals surface area contributed by atoms with E-state index in [1.165, 1.54) is 11.1 Å². The molecule has 0 N–H and O–H groups in total. The van der Waals surface area contributed by atoms with E-state index in [2.05, 4.69) is 36.5 Å². The van der Waals surface area contributed by atoms with Gasteiger partial charge in [-0.1, -0.05) is 19.1 Å². The van der Waals surface area contributed by atoms with Crippen LogP contribution in [0.15, 0.2) is 30.6 Å². The summed E-state index contributed by atoms with van der Waals surface area (Å²) in [6.07, 6.45) is 5.39. The van der Waals surface area contributed by atoms with Gasteiger partial charge in [0, 0.05) is 18.9 Å². The Morgan fingerprint density at radius 3 is 2.82 bits per heavy atom. The molecule has 1 heterocycles. The van der Waals surface area contributed by atoms with Gasteiger partial charge in [-0.3, -0.25) is 0 Å². The van der Waals surface area contributed by atoms with Gasteiger partial charge in [0.25, 0.3) is 0 Å². The Labute approximate surface area is 68.4 Å². The molecular formula is C10H15N. The van der Waals surface area contributed by atoms with Crippen molar-refractivity contribution in [1.29, 1.82) is 0 Å². The van der Waals surface area contributed by atoms with Crippen molar-refractivity contribution in [3.05, 3.63) is 36.2 Å². The summed E-state index contributed by atoms with van der Waals surface area (Å²) in [5.74, 6) is 0. The van der Waals surface area contributed by atoms with Crippen LogP contribution in [0.2, 0.25) is 0 Å². The molecule has 1 rings (SSSR count). The van der Waals surface area contributed by atoms with Crippen LogP contribution < -0.4 is 0 Å². The molecule has 0 aliphatic carbocycles. The summed E-state index contributed by atoms with van der Waals surface area (Å²) in [7, 11) is 0. The molecule has 0 aromatic carbocycles. The molecular weight excluding hydrogens is 134 g/mol. The van der Waals surface area contributed by atoms with Gasteiger partial charge in [-0.15, -0.1) is 0 Å². The minimum absolute atomic E-state index is 0.944. The topological polar surface area (TPSA) is 4.93 Å². The largest absolute Gasteiger partial charge is 0.350 e. The molecule has 0 aliphatic rings. The number of allylic oxidation sites excluding steroid dienone is 1. The third kappa shape index (κ3) is 2.26. The zero-order chi connectivity index (χ0) is 8.27. The standard InChI is InChI=1S/C10H15N/c1-4-10-5-6-11(8-10)7-9(2)3/h5-6,8H,2,4,7H2,1,3H3. The summed E-state index contributed by atoms with van der Waals surface area (Å²) >= 11 is 0. The fourth-order valence-corrected chi connectivity index (χ4v) is 1.11. The first-order chi connectivity index (χ1) is 5.22. The van der Waals surface area contributed by atoms with Crippen molar-refractivity contribution in [2.75, 3.05) is 0 Å². The third-order valence-corrected chi connectivity index (χ3v) is 1.67. The van der Waals surface area contributed by atoms with Gasteiger partial charge in [0.2, 0.25) is 0 Å². The Morgan fingerprint density at radius 1 is 1.64 bits per heavy atom. The molecule has 1 aromatic rings. The van der Waals surface area contributed by atoms with E-state index >= 15 is 0 Å².